The van der Waals surface area contributed by atoms with Gasteiger partial charge in [-0.1, -0.05) is 11.8 Å². The van der Waals surface area contributed by atoms with Gasteiger partial charge in [0.1, 0.15) is 16.7 Å². The average Bonchev–Trinajstić information content (AvgIpc) is 3.07. The highest BCUT2D eigenvalue weighted by Gasteiger charge is 2.28. The minimum absolute atomic E-state index is 0.535. The molecule has 2 aliphatic rings. The summed E-state index contributed by atoms with van der Waals surface area (Å²) in [5.74, 6) is 7.59. The molecule has 1 aromatic heterocycles. The van der Waals surface area contributed by atoms with Crippen molar-refractivity contribution in [1.82, 2.24) is 9.97 Å². The molecule has 0 spiro atoms. The zero-order chi connectivity index (χ0) is 11.0. The van der Waals surface area contributed by atoms with E-state index in [0.29, 0.717) is 17.0 Å². The Bertz CT molecular complexity index is 392. The first-order valence-corrected chi connectivity index (χ1v) is 6.33. The molecule has 1 aliphatic carbocycles. The maximum atomic E-state index is 5.41. The van der Waals surface area contributed by atoms with E-state index < -0.39 is 0 Å². The molecule has 3 rings (SSSR count). The topological polar surface area (TPSA) is 73.1 Å². The Labute approximate surface area is 98.1 Å². The molecule has 0 amide bonds. The van der Waals surface area contributed by atoms with Crippen LogP contribution in [0, 0.1) is 0 Å². The lowest BCUT2D eigenvalue weighted by Gasteiger charge is -2.24. The third-order valence-electron chi connectivity index (χ3n) is 2.71. The van der Waals surface area contributed by atoms with E-state index in [2.05, 4.69) is 15.4 Å². The first-order valence-electron chi connectivity index (χ1n) is 5.45. The lowest BCUT2D eigenvalue weighted by molar-refractivity contribution is 0.0454. The lowest BCUT2D eigenvalue weighted by atomic mass is 10.4. The summed E-state index contributed by atoms with van der Waals surface area (Å²) in [5, 5.41) is 1.53. The zero-order valence-corrected chi connectivity index (χ0v) is 9.67. The summed E-state index contributed by atoms with van der Waals surface area (Å²) in [6.07, 6.45) is 2.40. The minimum atomic E-state index is 0.535. The van der Waals surface area contributed by atoms with E-state index in [1.54, 1.807) is 11.8 Å². The number of nitrogen functional groups attached to an aromatic ring is 1. The number of rotatable bonds is 4. The van der Waals surface area contributed by atoms with Gasteiger partial charge in [0.2, 0.25) is 0 Å². The number of nitrogens with zero attached hydrogens (tertiary/aromatic N) is 2. The van der Waals surface area contributed by atoms with Crippen LogP contribution in [0.4, 0.5) is 5.82 Å². The molecule has 2 fully saturated rings. The van der Waals surface area contributed by atoms with Gasteiger partial charge < -0.3 is 10.2 Å². The maximum Gasteiger partial charge on any atom is 0.144 e. The average molecular weight is 238 g/mol. The van der Waals surface area contributed by atoms with Crippen LogP contribution in [0.25, 0.3) is 0 Å². The number of hydrogen-bond acceptors (Lipinski definition) is 6. The van der Waals surface area contributed by atoms with Crippen LogP contribution in [0.3, 0.4) is 0 Å². The molecule has 0 aromatic carbocycles. The fourth-order valence-corrected chi connectivity index (χ4v) is 2.55. The Morgan fingerprint density at radius 3 is 2.75 bits per heavy atom. The molecular weight excluding hydrogens is 224 g/mol. The van der Waals surface area contributed by atoms with Gasteiger partial charge in [0.15, 0.2) is 0 Å². The van der Waals surface area contributed by atoms with E-state index in [4.69, 9.17) is 10.6 Å². The van der Waals surface area contributed by atoms with Crippen LogP contribution in [0.1, 0.15) is 24.6 Å². The summed E-state index contributed by atoms with van der Waals surface area (Å²) in [7, 11) is 0. The number of ether oxygens (including phenoxy) is 1. The Morgan fingerprint density at radius 2 is 2.19 bits per heavy atom. The van der Waals surface area contributed by atoms with Gasteiger partial charge in [0.25, 0.3) is 0 Å². The quantitative estimate of drug-likeness (QED) is 0.465. The van der Waals surface area contributed by atoms with Crippen molar-refractivity contribution >= 4 is 17.6 Å². The third kappa shape index (κ3) is 2.14. The fourth-order valence-electron chi connectivity index (χ4n) is 1.55. The number of hydrazine groups is 1. The Balaban J connectivity index is 1.81. The summed E-state index contributed by atoms with van der Waals surface area (Å²) < 4.78 is 5.15. The van der Waals surface area contributed by atoms with E-state index in [9.17, 15) is 0 Å². The summed E-state index contributed by atoms with van der Waals surface area (Å²) in [5.41, 5.74) is 2.60. The SMILES string of the molecule is NNc1cc(SC2COC2)nc(C2CC2)n1. The molecule has 6 heteroatoms. The number of thioether (sulfide) groups is 1. The van der Waals surface area contributed by atoms with Crippen LogP contribution in [-0.4, -0.2) is 28.4 Å². The predicted octanol–water partition coefficient (Wildman–Crippen LogP) is 1.13. The van der Waals surface area contributed by atoms with E-state index >= 15 is 0 Å². The van der Waals surface area contributed by atoms with Gasteiger partial charge in [0.05, 0.1) is 18.5 Å². The van der Waals surface area contributed by atoms with Gasteiger partial charge in [-0.25, -0.2) is 15.8 Å². The second kappa shape index (κ2) is 4.20. The van der Waals surface area contributed by atoms with Crippen molar-refractivity contribution in [2.45, 2.75) is 29.0 Å². The zero-order valence-electron chi connectivity index (χ0n) is 8.85. The minimum Gasteiger partial charge on any atom is -0.379 e. The largest absolute Gasteiger partial charge is 0.379 e. The van der Waals surface area contributed by atoms with Gasteiger partial charge in [-0.15, -0.1) is 0 Å². The normalized spacial score (nSPS) is 20.6. The second-order valence-corrected chi connectivity index (χ2v) is 5.47. The van der Waals surface area contributed by atoms with Crippen molar-refractivity contribution in [3.05, 3.63) is 11.9 Å². The summed E-state index contributed by atoms with van der Waals surface area (Å²) in [6.45, 7) is 1.64. The first kappa shape index (κ1) is 10.3. The molecular formula is C10H14N4OS. The molecule has 0 atom stereocenters. The van der Waals surface area contributed by atoms with Crippen LogP contribution in [0.15, 0.2) is 11.1 Å². The molecule has 1 aromatic rings. The van der Waals surface area contributed by atoms with Crippen molar-refractivity contribution in [2.24, 2.45) is 5.84 Å². The van der Waals surface area contributed by atoms with Crippen LogP contribution < -0.4 is 11.3 Å². The predicted molar refractivity (Wildman–Crippen MR) is 62.3 cm³/mol. The smallest absolute Gasteiger partial charge is 0.144 e. The highest BCUT2D eigenvalue weighted by molar-refractivity contribution is 8.00. The summed E-state index contributed by atoms with van der Waals surface area (Å²) in [4.78, 5) is 8.94. The summed E-state index contributed by atoms with van der Waals surface area (Å²) in [6, 6.07) is 1.90. The molecule has 1 saturated heterocycles. The number of anilines is 1. The van der Waals surface area contributed by atoms with Crippen molar-refractivity contribution in [3.8, 4) is 0 Å². The van der Waals surface area contributed by atoms with Crippen molar-refractivity contribution in [1.29, 1.82) is 0 Å². The van der Waals surface area contributed by atoms with Gasteiger partial charge in [0, 0.05) is 12.0 Å². The van der Waals surface area contributed by atoms with Crippen molar-refractivity contribution < 1.29 is 4.74 Å². The fraction of sp³-hybridized carbons (Fsp3) is 0.600. The molecule has 0 bridgehead atoms. The van der Waals surface area contributed by atoms with Crippen LogP contribution in [0.5, 0.6) is 0 Å². The molecule has 2 heterocycles. The third-order valence-corrected chi connectivity index (χ3v) is 3.76. The number of nitrogens with two attached hydrogens (primary N) is 1. The molecule has 5 nitrogen and oxygen atoms in total. The van der Waals surface area contributed by atoms with E-state index in [1.807, 2.05) is 6.07 Å². The molecule has 1 aliphatic heterocycles. The van der Waals surface area contributed by atoms with E-state index in [0.717, 1.165) is 24.1 Å². The van der Waals surface area contributed by atoms with Crippen LogP contribution in [-0.2, 0) is 4.74 Å². The second-order valence-electron chi connectivity index (χ2n) is 4.15. The Kier molecular flexibility index (Phi) is 2.70. The van der Waals surface area contributed by atoms with Gasteiger partial charge >= 0.3 is 0 Å². The van der Waals surface area contributed by atoms with Gasteiger partial charge in [-0.05, 0) is 12.8 Å². The summed E-state index contributed by atoms with van der Waals surface area (Å²) >= 11 is 1.75. The van der Waals surface area contributed by atoms with Gasteiger partial charge in [-0.2, -0.15) is 0 Å². The standard InChI is InChI=1S/C10H14N4OS/c11-14-8-3-9(16-7-4-15-5-7)13-10(12-8)6-1-2-6/h3,6-7H,1-2,4-5,11H2,(H,12,13,14). The Morgan fingerprint density at radius 1 is 1.38 bits per heavy atom. The van der Waals surface area contributed by atoms with E-state index in [1.165, 1.54) is 12.8 Å². The van der Waals surface area contributed by atoms with Crippen molar-refractivity contribution in [3.63, 3.8) is 0 Å². The lowest BCUT2D eigenvalue weighted by Crippen LogP contribution is -2.30. The molecule has 0 radical (unpaired) electrons. The number of nitrogens with one attached hydrogen (secondary N) is 1. The molecule has 0 unspecified atom stereocenters. The van der Waals surface area contributed by atoms with Crippen LogP contribution >= 0.6 is 11.8 Å². The molecule has 86 valence electrons. The van der Waals surface area contributed by atoms with Gasteiger partial charge in [-0.3, -0.25) is 0 Å². The van der Waals surface area contributed by atoms with Crippen molar-refractivity contribution in [2.75, 3.05) is 18.6 Å². The Hall–Kier alpha value is -0.850. The monoisotopic (exact) mass is 238 g/mol. The first-order chi connectivity index (χ1) is 7.85. The highest BCUT2D eigenvalue weighted by atomic mass is 32.2. The maximum absolute atomic E-state index is 5.41. The van der Waals surface area contributed by atoms with Crippen LogP contribution in [0.2, 0.25) is 0 Å². The molecule has 1 saturated carbocycles. The number of hydrogen-bond donors (Lipinski definition) is 2. The molecule has 3 N–H and O–H groups in total. The molecule has 16 heavy (non-hydrogen) atoms. The number of aromatic nitrogens is 2. The highest BCUT2D eigenvalue weighted by Crippen LogP contribution is 2.39. The van der Waals surface area contributed by atoms with E-state index in [-0.39, 0.29) is 0 Å².